The Morgan fingerprint density at radius 1 is 1.22 bits per heavy atom. The minimum Gasteiger partial charge on any atom is -0.465 e. The molecule has 0 atom stereocenters. The van der Waals surface area contributed by atoms with Crippen molar-refractivity contribution in [2.45, 2.75) is 38.8 Å². The fraction of sp³-hybridized carbons (Fsp3) is 0.318. The van der Waals surface area contributed by atoms with Gasteiger partial charge in [-0.05, 0) is 31.5 Å². The number of thioether (sulfide) groups is 1. The third-order valence-corrected chi connectivity index (χ3v) is 7.15. The van der Waals surface area contributed by atoms with Crippen LogP contribution in [0.1, 0.15) is 46.4 Å². The number of carbonyl (C=O) groups excluding carboxylic acids is 2. The van der Waals surface area contributed by atoms with Crippen LogP contribution < -0.4 is 5.32 Å². The number of rotatable bonds is 6. The van der Waals surface area contributed by atoms with Crippen LogP contribution in [0.5, 0.6) is 0 Å². The van der Waals surface area contributed by atoms with Gasteiger partial charge in [-0.1, -0.05) is 37.7 Å². The van der Waals surface area contributed by atoms with E-state index in [4.69, 9.17) is 9.72 Å². The lowest BCUT2D eigenvalue weighted by Gasteiger charge is -2.11. The molecule has 0 radical (unpaired) electrons. The number of fused-ring (bicyclic) bond motifs is 3. The first-order chi connectivity index (χ1) is 15.3. The fourth-order valence-electron chi connectivity index (χ4n) is 3.42. The molecule has 0 unspecified atom stereocenters. The number of hydrogen-bond donors (Lipinski definition) is 1. The number of hydrogen-bond acceptors (Lipinski definition) is 8. The van der Waals surface area contributed by atoms with Crippen molar-refractivity contribution in [2.24, 2.45) is 0 Å². The normalized spacial score (nSPS) is 11.4. The van der Waals surface area contributed by atoms with Gasteiger partial charge in [0, 0.05) is 10.8 Å². The van der Waals surface area contributed by atoms with Crippen molar-refractivity contribution in [1.29, 1.82) is 0 Å². The number of nitrogens with zero attached hydrogens (tertiary/aromatic N) is 4. The molecule has 4 aromatic rings. The highest BCUT2D eigenvalue weighted by Gasteiger charge is 2.21. The molecule has 4 rings (SSSR count). The highest BCUT2D eigenvalue weighted by atomic mass is 32.2. The summed E-state index contributed by atoms with van der Waals surface area (Å²) in [5, 5.41) is 13.2. The average molecular weight is 470 g/mol. The van der Waals surface area contributed by atoms with E-state index in [9.17, 15) is 9.59 Å². The van der Waals surface area contributed by atoms with Gasteiger partial charge in [0.05, 0.1) is 29.5 Å². The Balaban J connectivity index is 1.62. The Hall–Kier alpha value is -2.98. The Kier molecular flexibility index (Phi) is 6.16. The Bertz CT molecular complexity index is 1340. The monoisotopic (exact) mass is 469 g/mol. The van der Waals surface area contributed by atoms with Crippen molar-refractivity contribution in [1.82, 2.24) is 19.6 Å². The van der Waals surface area contributed by atoms with Gasteiger partial charge in [-0.2, -0.15) is 0 Å². The minimum absolute atomic E-state index is 0.105. The summed E-state index contributed by atoms with van der Waals surface area (Å²) in [6.07, 6.45) is 0. The molecule has 0 fully saturated rings. The molecular formula is C22H23N5O3S2. The van der Waals surface area contributed by atoms with E-state index in [0.29, 0.717) is 16.4 Å². The summed E-state index contributed by atoms with van der Waals surface area (Å²) < 4.78 is 6.74. The lowest BCUT2D eigenvalue weighted by atomic mass is 10.2. The quantitative estimate of drug-likeness (QED) is 0.325. The van der Waals surface area contributed by atoms with E-state index in [2.05, 4.69) is 43.2 Å². The molecule has 0 saturated heterocycles. The first-order valence-electron chi connectivity index (χ1n) is 10.1. The second-order valence-corrected chi connectivity index (χ2v) is 9.75. The molecule has 1 aromatic carbocycles. The van der Waals surface area contributed by atoms with E-state index in [-0.39, 0.29) is 17.6 Å². The van der Waals surface area contributed by atoms with E-state index in [1.165, 1.54) is 23.7 Å². The van der Waals surface area contributed by atoms with E-state index in [1.807, 2.05) is 4.40 Å². The van der Waals surface area contributed by atoms with Crippen molar-refractivity contribution in [2.75, 3.05) is 18.2 Å². The van der Waals surface area contributed by atoms with Crippen LogP contribution in [-0.4, -0.2) is 44.3 Å². The minimum atomic E-state index is -0.505. The summed E-state index contributed by atoms with van der Waals surface area (Å²) in [5.74, 6) is 0.354. The Morgan fingerprint density at radius 3 is 2.69 bits per heavy atom. The van der Waals surface area contributed by atoms with Crippen molar-refractivity contribution in [3.05, 3.63) is 46.1 Å². The second kappa shape index (κ2) is 8.87. The van der Waals surface area contributed by atoms with Crippen molar-refractivity contribution in [3.63, 3.8) is 0 Å². The standard InChI is InChI=1S/C22H23N5O3S2/c1-11(2)18-24-20-17(12(3)13(4)32-20)19-25-26-22(27(18)19)31-10-16(28)23-15-9-7-6-8-14(15)21(29)30-5/h6-9,11H,10H2,1-5H3,(H,23,28). The second-order valence-electron chi connectivity index (χ2n) is 7.60. The highest BCUT2D eigenvalue weighted by Crippen LogP contribution is 2.34. The van der Waals surface area contributed by atoms with E-state index >= 15 is 0 Å². The van der Waals surface area contributed by atoms with Crippen LogP contribution in [-0.2, 0) is 9.53 Å². The summed E-state index contributed by atoms with van der Waals surface area (Å²) in [4.78, 5) is 31.6. The van der Waals surface area contributed by atoms with Crippen LogP contribution in [0.2, 0.25) is 0 Å². The number of ether oxygens (including phenoxy) is 1. The van der Waals surface area contributed by atoms with Crippen LogP contribution in [0.4, 0.5) is 5.69 Å². The molecule has 0 saturated carbocycles. The number of amides is 1. The predicted molar refractivity (Wildman–Crippen MR) is 127 cm³/mol. The first kappa shape index (κ1) is 22.2. The topological polar surface area (TPSA) is 98.5 Å². The number of benzene rings is 1. The molecule has 32 heavy (non-hydrogen) atoms. The zero-order chi connectivity index (χ0) is 23.0. The predicted octanol–water partition coefficient (Wildman–Crippen LogP) is 4.60. The molecular weight excluding hydrogens is 446 g/mol. The maximum absolute atomic E-state index is 12.6. The molecule has 1 N–H and O–H groups in total. The van der Waals surface area contributed by atoms with Gasteiger partial charge in [0.2, 0.25) is 5.91 Å². The number of para-hydroxylation sites is 1. The first-order valence-corrected chi connectivity index (χ1v) is 11.9. The number of aryl methyl sites for hydroxylation is 2. The van der Waals surface area contributed by atoms with Crippen LogP contribution in [0, 0.1) is 13.8 Å². The summed E-state index contributed by atoms with van der Waals surface area (Å²) in [6, 6.07) is 6.74. The van der Waals surface area contributed by atoms with Gasteiger partial charge in [0.25, 0.3) is 0 Å². The smallest absolute Gasteiger partial charge is 0.339 e. The van der Waals surface area contributed by atoms with Gasteiger partial charge >= 0.3 is 5.97 Å². The number of aromatic nitrogens is 4. The molecule has 0 spiro atoms. The number of nitrogens with one attached hydrogen (secondary N) is 1. The highest BCUT2D eigenvalue weighted by molar-refractivity contribution is 7.99. The Morgan fingerprint density at radius 2 is 1.97 bits per heavy atom. The number of anilines is 1. The van der Waals surface area contributed by atoms with Crippen LogP contribution >= 0.6 is 23.1 Å². The number of thiophene rings is 1. The van der Waals surface area contributed by atoms with Gasteiger partial charge in [0.1, 0.15) is 10.7 Å². The van der Waals surface area contributed by atoms with Crippen LogP contribution in [0.15, 0.2) is 29.4 Å². The number of carbonyl (C=O) groups is 2. The van der Waals surface area contributed by atoms with E-state index < -0.39 is 5.97 Å². The maximum atomic E-state index is 12.6. The zero-order valence-electron chi connectivity index (χ0n) is 18.4. The molecule has 0 bridgehead atoms. The average Bonchev–Trinajstić information content (AvgIpc) is 3.32. The van der Waals surface area contributed by atoms with Gasteiger partial charge in [-0.25, -0.2) is 9.78 Å². The lowest BCUT2D eigenvalue weighted by molar-refractivity contribution is -0.113. The Labute approximate surface area is 193 Å². The van der Waals surface area contributed by atoms with E-state index in [1.54, 1.807) is 35.6 Å². The molecule has 166 valence electrons. The summed E-state index contributed by atoms with van der Waals surface area (Å²) >= 11 is 2.94. The van der Waals surface area contributed by atoms with E-state index in [0.717, 1.165) is 27.3 Å². The van der Waals surface area contributed by atoms with Gasteiger partial charge in [0.15, 0.2) is 10.8 Å². The third kappa shape index (κ3) is 3.95. The summed E-state index contributed by atoms with van der Waals surface area (Å²) in [5.41, 5.74) is 2.63. The third-order valence-electron chi connectivity index (χ3n) is 5.12. The molecule has 10 heteroatoms. The van der Waals surface area contributed by atoms with Crippen molar-refractivity contribution >= 4 is 56.5 Å². The fourth-order valence-corrected chi connectivity index (χ4v) is 5.19. The molecule has 3 aromatic heterocycles. The zero-order valence-corrected chi connectivity index (χ0v) is 20.1. The summed E-state index contributed by atoms with van der Waals surface area (Å²) in [7, 11) is 1.31. The van der Waals surface area contributed by atoms with Crippen molar-refractivity contribution in [3.8, 4) is 0 Å². The summed E-state index contributed by atoms with van der Waals surface area (Å²) in [6.45, 7) is 8.30. The molecule has 0 aliphatic heterocycles. The maximum Gasteiger partial charge on any atom is 0.339 e. The molecule has 0 aliphatic carbocycles. The SMILES string of the molecule is COC(=O)c1ccccc1NC(=O)CSc1nnc2c3c(C)c(C)sc3nc(C(C)C)n12. The number of methoxy groups -OCH3 is 1. The van der Waals surface area contributed by atoms with Crippen molar-refractivity contribution < 1.29 is 14.3 Å². The van der Waals surface area contributed by atoms with Gasteiger partial charge in [-0.3, -0.25) is 9.20 Å². The van der Waals surface area contributed by atoms with Crippen LogP contribution in [0.3, 0.4) is 0 Å². The molecule has 3 heterocycles. The lowest BCUT2D eigenvalue weighted by Crippen LogP contribution is -2.17. The molecule has 8 nitrogen and oxygen atoms in total. The number of esters is 1. The largest absolute Gasteiger partial charge is 0.465 e. The van der Waals surface area contributed by atoms with Gasteiger partial charge < -0.3 is 10.1 Å². The molecule has 1 amide bonds. The molecule has 0 aliphatic rings. The van der Waals surface area contributed by atoms with Gasteiger partial charge in [-0.15, -0.1) is 21.5 Å². The van der Waals surface area contributed by atoms with Crippen LogP contribution in [0.25, 0.3) is 15.9 Å².